The maximum atomic E-state index is 12.8. The van der Waals surface area contributed by atoms with Crippen LogP contribution < -0.4 is 16.4 Å². The van der Waals surface area contributed by atoms with Crippen molar-refractivity contribution in [3.05, 3.63) is 71.1 Å². The Morgan fingerprint density at radius 3 is 2.49 bits per heavy atom. The van der Waals surface area contributed by atoms with E-state index in [1.54, 1.807) is 48.6 Å². The molecule has 0 aliphatic carbocycles. The molecule has 0 atom stereocenters. The number of amides is 5. The third-order valence-corrected chi connectivity index (χ3v) is 6.62. The summed E-state index contributed by atoms with van der Waals surface area (Å²) in [6.45, 7) is 2.82. The Labute approximate surface area is 206 Å². The Hall–Kier alpha value is -4.18. The summed E-state index contributed by atoms with van der Waals surface area (Å²) in [6.07, 6.45) is 0. The first kappa shape index (κ1) is 24.0. The van der Waals surface area contributed by atoms with Crippen molar-refractivity contribution in [1.29, 1.82) is 0 Å². The van der Waals surface area contributed by atoms with Crippen molar-refractivity contribution in [3.63, 3.8) is 0 Å². The molecule has 2 aromatic carbocycles. The number of imide groups is 1. The van der Waals surface area contributed by atoms with E-state index in [4.69, 9.17) is 5.73 Å². The Kier molecular flexibility index (Phi) is 7.11. The van der Waals surface area contributed by atoms with Crippen LogP contribution in [0.1, 0.15) is 22.8 Å². The van der Waals surface area contributed by atoms with E-state index >= 15 is 0 Å². The standard InChI is InChI=1S/C25H25N5O4S/c1-2-29-11-12-30(24(33)23(29)32)25(34)27-15-16-5-7-17(8-6-16)22(31)28-20-14-18(9-10-19(20)26)21-4-3-13-35-21/h3-10,13-14H,2,11-12,15,26H2,1H3,(H,27,34)(H,28,31). The Bertz CT molecular complexity index is 1260. The van der Waals surface area contributed by atoms with Crippen molar-refractivity contribution in [2.24, 2.45) is 0 Å². The van der Waals surface area contributed by atoms with Crippen LogP contribution in [0, 0.1) is 0 Å². The third kappa shape index (κ3) is 5.33. The van der Waals surface area contributed by atoms with E-state index in [2.05, 4.69) is 10.6 Å². The fourth-order valence-corrected chi connectivity index (χ4v) is 4.40. The molecule has 10 heteroatoms. The average molecular weight is 492 g/mol. The first-order valence-corrected chi connectivity index (χ1v) is 12.0. The van der Waals surface area contributed by atoms with Gasteiger partial charge in [-0.1, -0.05) is 24.3 Å². The molecular weight excluding hydrogens is 466 g/mol. The number of nitrogens with one attached hydrogen (secondary N) is 2. The van der Waals surface area contributed by atoms with Gasteiger partial charge in [0.1, 0.15) is 0 Å². The summed E-state index contributed by atoms with van der Waals surface area (Å²) in [5.74, 6) is -1.82. The summed E-state index contributed by atoms with van der Waals surface area (Å²) >= 11 is 1.60. The second-order valence-corrected chi connectivity index (χ2v) is 8.88. The zero-order chi connectivity index (χ0) is 24.9. The molecule has 1 fully saturated rings. The minimum Gasteiger partial charge on any atom is -0.397 e. The molecule has 5 amide bonds. The van der Waals surface area contributed by atoms with Gasteiger partial charge in [0.2, 0.25) is 0 Å². The Balaban J connectivity index is 1.35. The number of likely N-dealkylation sites (N-methyl/N-ethyl adjacent to an activating group) is 1. The predicted molar refractivity (Wildman–Crippen MR) is 135 cm³/mol. The molecule has 1 aliphatic rings. The molecule has 1 aliphatic heterocycles. The Morgan fingerprint density at radius 1 is 1.03 bits per heavy atom. The number of carbonyl (C=O) groups is 4. The average Bonchev–Trinajstić information content (AvgIpc) is 3.41. The van der Waals surface area contributed by atoms with Crippen LogP contribution in [-0.2, 0) is 16.1 Å². The number of benzene rings is 2. The van der Waals surface area contributed by atoms with Crippen molar-refractivity contribution in [2.45, 2.75) is 13.5 Å². The molecule has 1 saturated heterocycles. The first-order valence-electron chi connectivity index (χ1n) is 11.1. The van der Waals surface area contributed by atoms with Gasteiger partial charge in [-0.25, -0.2) is 4.79 Å². The number of thiophene rings is 1. The van der Waals surface area contributed by atoms with Crippen molar-refractivity contribution < 1.29 is 19.2 Å². The number of hydrogen-bond donors (Lipinski definition) is 3. The number of rotatable bonds is 6. The van der Waals surface area contributed by atoms with Crippen LogP contribution in [0.25, 0.3) is 10.4 Å². The Morgan fingerprint density at radius 2 is 1.80 bits per heavy atom. The lowest BCUT2D eigenvalue weighted by molar-refractivity contribution is -0.153. The van der Waals surface area contributed by atoms with Gasteiger partial charge in [0.05, 0.1) is 11.4 Å². The van der Waals surface area contributed by atoms with E-state index in [0.29, 0.717) is 30.0 Å². The highest BCUT2D eigenvalue weighted by Crippen LogP contribution is 2.30. The lowest BCUT2D eigenvalue weighted by Gasteiger charge is -2.31. The summed E-state index contributed by atoms with van der Waals surface area (Å²) < 4.78 is 0. The van der Waals surface area contributed by atoms with Gasteiger partial charge in [0.15, 0.2) is 0 Å². The van der Waals surface area contributed by atoms with E-state index in [-0.39, 0.29) is 19.0 Å². The number of urea groups is 1. The van der Waals surface area contributed by atoms with Gasteiger partial charge in [-0.15, -0.1) is 11.3 Å². The quantitative estimate of drug-likeness (QED) is 0.361. The van der Waals surface area contributed by atoms with Crippen molar-refractivity contribution in [3.8, 4) is 10.4 Å². The van der Waals surface area contributed by atoms with E-state index in [1.165, 1.54) is 4.90 Å². The van der Waals surface area contributed by atoms with Gasteiger partial charge in [-0.2, -0.15) is 0 Å². The minimum atomic E-state index is -0.829. The maximum absolute atomic E-state index is 12.8. The predicted octanol–water partition coefficient (Wildman–Crippen LogP) is 3.15. The van der Waals surface area contributed by atoms with Crippen molar-refractivity contribution >= 4 is 46.5 Å². The van der Waals surface area contributed by atoms with Gasteiger partial charge >= 0.3 is 17.8 Å². The number of carbonyl (C=O) groups excluding carboxylic acids is 4. The summed E-state index contributed by atoms with van der Waals surface area (Å²) in [4.78, 5) is 52.7. The fraction of sp³-hybridized carbons (Fsp3) is 0.200. The second-order valence-electron chi connectivity index (χ2n) is 7.93. The van der Waals surface area contributed by atoms with E-state index < -0.39 is 17.8 Å². The van der Waals surface area contributed by atoms with Crippen molar-refractivity contribution in [2.75, 3.05) is 30.7 Å². The number of anilines is 2. The van der Waals surface area contributed by atoms with Crippen LogP contribution in [0.2, 0.25) is 0 Å². The number of nitrogen functional groups attached to an aromatic ring is 1. The van der Waals surface area contributed by atoms with Crippen LogP contribution in [0.3, 0.4) is 0 Å². The van der Waals surface area contributed by atoms with Crippen molar-refractivity contribution in [1.82, 2.24) is 15.1 Å². The van der Waals surface area contributed by atoms with Gasteiger partial charge in [0.25, 0.3) is 5.91 Å². The van der Waals surface area contributed by atoms with Crippen LogP contribution in [0.5, 0.6) is 0 Å². The summed E-state index contributed by atoms with van der Waals surface area (Å²) in [7, 11) is 0. The normalized spacial score (nSPS) is 13.6. The molecule has 3 aromatic rings. The third-order valence-electron chi connectivity index (χ3n) is 5.70. The minimum absolute atomic E-state index is 0.145. The molecule has 2 heterocycles. The fourth-order valence-electron chi connectivity index (χ4n) is 3.67. The topological polar surface area (TPSA) is 125 Å². The highest BCUT2D eigenvalue weighted by Gasteiger charge is 2.35. The van der Waals surface area contributed by atoms with Gasteiger partial charge in [0, 0.05) is 36.6 Å². The molecule has 4 N–H and O–H groups in total. The number of piperazine rings is 1. The molecule has 0 saturated carbocycles. The van der Waals surface area contributed by atoms with E-state index in [0.717, 1.165) is 20.9 Å². The number of nitrogens with two attached hydrogens (primary N) is 1. The molecule has 0 radical (unpaired) electrons. The smallest absolute Gasteiger partial charge is 0.324 e. The van der Waals surface area contributed by atoms with Gasteiger partial charge in [-0.3, -0.25) is 19.3 Å². The largest absolute Gasteiger partial charge is 0.397 e. The molecule has 0 spiro atoms. The molecule has 35 heavy (non-hydrogen) atoms. The highest BCUT2D eigenvalue weighted by atomic mass is 32.1. The number of hydrogen-bond acceptors (Lipinski definition) is 6. The SMILES string of the molecule is CCN1CCN(C(=O)NCc2ccc(C(=O)Nc3cc(-c4cccs4)ccc3N)cc2)C(=O)C1=O. The zero-order valence-electron chi connectivity index (χ0n) is 19.1. The molecule has 0 unspecified atom stereocenters. The van der Waals surface area contributed by atoms with Crippen LogP contribution in [0.4, 0.5) is 16.2 Å². The molecular formula is C25H25N5O4S. The molecule has 9 nitrogen and oxygen atoms in total. The molecule has 1 aromatic heterocycles. The van der Waals surface area contributed by atoms with E-state index in [1.807, 2.05) is 29.6 Å². The van der Waals surface area contributed by atoms with Gasteiger partial charge < -0.3 is 21.3 Å². The summed E-state index contributed by atoms with van der Waals surface area (Å²) in [6, 6.07) is 15.6. The molecule has 4 rings (SSSR count). The summed E-state index contributed by atoms with van der Waals surface area (Å²) in [5, 5.41) is 7.48. The van der Waals surface area contributed by atoms with Crippen LogP contribution >= 0.6 is 11.3 Å². The lowest BCUT2D eigenvalue weighted by atomic mass is 10.1. The van der Waals surface area contributed by atoms with Crippen LogP contribution in [-0.4, -0.2) is 53.2 Å². The summed E-state index contributed by atoms with van der Waals surface area (Å²) in [5.41, 5.74) is 9.17. The second kappa shape index (κ2) is 10.4. The highest BCUT2D eigenvalue weighted by molar-refractivity contribution is 7.13. The monoisotopic (exact) mass is 491 g/mol. The van der Waals surface area contributed by atoms with Crippen LogP contribution in [0.15, 0.2) is 60.0 Å². The lowest BCUT2D eigenvalue weighted by Crippen LogP contribution is -2.58. The zero-order valence-corrected chi connectivity index (χ0v) is 19.9. The molecule has 0 bridgehead atoms. The molecule has 180 valence electrons. The number of nitrogens with zero attached hydrogens (tertiary/aromatic N) is 2. The van der Waals surface area contributed by atoms with Gasteiger partial charge in [-0.05, 0) is 53.8 Å². The van der Waals surface area contributed by atoms with E-state index in [9.17, 15) is 19.2 Å². The maximum Gasteiger partial charge on any atom is 0.324 e. The first-order chi connectivity index (χ1) is 16.9.